The van der Waals surface area contributed by atoms with Crippen molar-refractivity contribution in [2.24, 2.45) is 5.73 Å². The Morgan fingerprint density at radius 1 is 1.05 bits per heavy atom. The molecule has 0 aliphatic rings. The van der Waals surface area contributed by atoms with Crippen LogP contribution in [0.15, 0.2) is 48.7 Å². The Bertz CT molecular complexity index is 821. The zero-order valence-corrected chi connectivity index (χ0v) is 11.0. The topological polar surface area (TPSA) is 101 Å². The first kappa shape index (κ1) is 12.9. The average Bonchev–Trinajstić information content (AvgIpc) is 2.95. The van der Waals surface area contributed by atoms with Crippen molar-refractivity contribution in [3.63, 3.8) is 0 Å². The van der Waals surface area contributed by atoms with Crippen molar-refractivity contribution in [1.82, 2.24) is 10.2 Å². The minimum absolute atomic E-state index is 0.238. The molecular weight excluding hydrogens is 268 g/mol. The summed E-state index contributed by atoms with van der Waals surface area (Å²) in [6.07, 6.45) is 1.69. The number of H-pyrrole nitrogens is 1. The van der Waals surface area contributed by atoms with E-state index in [9.17, 15) is 9.59 Å². The molecule has 6 nitrogen and oxygen atoms in total. The number of carbonyl (C=O) groups is 2. The van der Waals surface area contributed by atoms with Crippen LogP contribution in [0.25, 0.3) is 10.9 Å². The summed E-state index contributed by atoms with van der Waals surface area (Å²) >= 11 is 0. The fourth-order valence-electron chi connectivity index (χ4n) is 2.00. The number of hydrogen-bond acceptors (Lipinski definition) is 3. The highest BCUT2D eigenvalue weighted by molar-refractivity contribution is 6.06. The van der Waals surface area contributed by atoms with E-state index in [1.54, 1.807) is 42.6 Å². The van der Waals surface area contributed by atoms with E-state index in [0.717, 1.165) is 10.9 Å². The largest absolute Gasteiger partial charge is 0.366 e. The molecule has 0 bridgehead atoms. The Hall–Kier alpha value is -3.15. The van der Waals surface area contributed by atoms with Gasteiger partial charge in [-0.3, -0.25) is 14.7 Å². The van der Waals surface area contributed by atoms with Crippen molar-refractivity contribution in [2.45, 2.75) is 0 Å². The van der Waals surface area contributed by atoms with Crippen LogP contribution in [0.5, 0.6) is 0 Å². The van der Waals surface area contributed by atoms with E-state index in [-0.39, 0.29) is 5.91 Å². The summed E-state index contributed by atoms with van der Waals surface area (Å²) in [5.41, 5.74) is 7.47. The summed E-state index contributed by atoms with van der Waals surface area (Å²) in [5.74, 6) is -0.740. The van der Waals surface area contributed by atoms with Gasteiger partial charge in [-0.25, -0.2) is 0 Å². The third-order valence-electron chi connectivity index (χ3n) is 3.13. The number of primary amides is 1. The fourth-order valence-corrected chi connectivity index (χ4v) is 2.00. The molecule has 1 heterocycles. The van der Waals surface area contributed by atoms with E-state index in [4.69, 9.17) is 5.73 Å². The summed E-state index contributed by atoms with van der Waals surface area (Å²) in [4.78, 5) is 23.1. The molecule has 3 aromatic rings. The Balaban J connectivity index is 1.80. The monoisotopic (exact) mass is 280 g/mol. The van der Waals surface area contributed by atoms with Crippen molar-refractivity contribution in [3.8, 4) is 0 Å². The lowest BCUT2D eigenvalue weighted by Crippen LogP contribution is -2.13. The van der Waals surface area contributed by atoms with Crippen LogP contribution in [0.2, 0.25) is 0 Å². The van der Waals surface area contributed by atoms with Gasteiger partial charge < -0.3 is 11.1 Å². The van der Waals surface area contributed by atoms with Crippen LogP contribution in [0.3, 0.4) is 0 Å². The highest BCUT2D eigenvalue weighted by Gasteiger charge is 2.08. The first-order chi connectivity index (χ1) is 10.1. The van der Waals surface area contributed by atoms with Crippen molar-refractivity contribution in [3.05, 3.63) is 59.8 Å². The molecule has 0 aliphatic carbocycles. The highest BCUT2D eigenvalue weighted by atomic mass is 16.2. The number of aromatic amines is 1. The lowest BCUT2D eigenvalue weighted by Gasteiger charge is -2.06. The molecule has 2 aromatic carbocycles. The summed E-state index contributed by atoms with van der Waals surface area (Å²) in [5, 5.41) is 10.4. The third kappa shape index (κ3) is 2.59. The molecular formula is C15H12N4O2. The van der Waals surface area contributed by atoms with E-state index < -0.39 is 5.91 Å². The summed E-state index contributed by atoms with van der Waals surface area (Å²) in [6.45, 7) is 0. The summed E-state index contributed by atoms with van der Waals surface area (Å²) in [7, 11) is 0. The molecule has 4 N–H and O–H groups in total. The summed E-state index contributed by atoms with van der Waals surface area (Å²) < 4.78 is 0. The molecule has 21 heavy (non-hydrogen) atoms. The van der Waals surface area contributed by atoms with Crippen LogP contribution in [-0.4, -0.2) is 22.0 Å². The Labute approximate surface area is 120 Å². The smallest absolute Gasteiger partial charge is 0.255 e. The number of fused-ring (bicyclic) bond motifs is 1. The second kappa shape index (κ2) is 5.09. The van der Waals surface area contributed by atoms with Crippen LogP contribution in [0.4, 0.5) is 5.69 Å². The molecule has 0 spiro atoms. The molecule has 2 amide bonds. The van der Waals surface area contributed by atoms with Gasteiger partial charge in [-0.15, -0.1) is 0 Å². The number of carbonyl (C=O) groups excluding carboxylic acids is 2. The predicted molar refractivity (Wildman–Crippen MR) is 79.0 cm³/mol. The maximum Gasteiger partial charge on any atom is 0.255 e. The van der Waals surface area contributed by atoms with Crippen LogP contribution in [-0.2, 0) is 0 Å². The maximum absolute atomic E-state index is 12.2. The molecule has 0 unspecified atom stereocenters. The Kier molecular flexibility index (Phi) is 3.12. The number of nitrogens with two attached hydrogens (primary N) is 1. The van der Waals surface area contributed by atoms with E-state index in [0.29, 0.717) is 16.8 Å². The minimum Gasteiger partial charge on any atom is -0.366 e. The minimum atomic E-state index is -0.502. The van der Waals surface area contributed by atoms with Crippen molar-refractivity contribution < 1.29 is 9.59 Å². The molecule has 0 fully saturated rings. The quantitative estimate of drug-likeness (QED) is 0.683. The number of hydrogen-bond donors (Lipinski definition) is 3. The lowest BCUT2D eigenvalue weighted by molar-refractivity contribution is 0.0998. The Morgan fingerprint density at radius 2 is 1.76 bits per heavy atom. The normalized spacial score (nSPS) is 10.5. The van der Waals surface area contributed by atoms with Gasteiger partial charge in [0.05, 0.1) is 11.7 Å². The third-order valence-corrected chi connectivity index (χ3v) is 3.13. The second-order valence-electron chi connectivity index (χ2n) is 4.57. The lowest BCUT2D eigenvalue weighted by atomic mass is 10.1. The van der Waals surface area contributed by atoms with E-state index in [1.165, 1.54) is 0 Å². The van der Waals surface area contributed by atoms with E-state index in [1.807, 2.05) is 6.07 Å². The van der Waals surface area contributed by atoms with Crippen molar-refractivity contribution in [2.75, 3.05) is 5.32 Å². The SMILES string of the molecule is NC(=O)c1ccc(NC(=O)c2ccc3cn[nH]c3c2)cc1. The van der Waals surface area contributed by atoms with Gasteiger partial charge >= 0.3 is 0 Å². The van der Waals surface area contributed by atoms with Gasteiger partial charge in [0.1, 0.15) is 0 Å². The predicted octanol–water partition coefficient (Wildman–Crippen LogP) is 1.91. The number of benzene rings is 2. The molecule has 0 saturated carbocycles. The highest BCUT2D eigenvalue weighted by Crippen LogP contribution is 2.15. The fraction of sp³-hybridized carbons (Fsp3) is 0. The number of aromatic nitrogens is 2. The van der Waals surface area contributed by atoms with Crippen LogP contribution in [0.1, 0.15) is 20.7 Å². The maximum atomic E-state index is 12.2. The second-order valence-corrected chi connectivity index (χ2v) is 4.57. The molecule has 0 atom stereocenters. The number of amides is 2. The average molecular weight is 280 g/mol. The van der Waals surface area contributed by atoms with Crippen LogP contribution < -0.4 is 11.1 Å². The molecule has 0 aliphatic heterocycles. The van der Waals surface area contributed by atoms with Crippen LogP contribution >= 0.6 is 0 Å². The number of rotatable bonds is 3. The first-order valence-corrected chi connectivity index (χ1v) is 6.28. The molecule has 6 heteroatoms. The van der Waals surface area contributed by atoms with Gasteiger partial charge in [0.15, 0.2) is 0 Å². The van der Waals surface area contributed by atoms with Gasteiger partial charge in [0.2, 0.25) is 5.91 Å². The first-order valence-electron chi connectivity index (χ1n) is 6.28. The van der Waals surface area contributed by atoms with Gasteiger partial charge in [0, 0.05) is 22.2 Å². The van der Waals surface area contributed by atoms with E-state index >= 15 is 0 Å². The number of anilines is 1. The molecule has 0 radical (unpaired) electrons. The standard InChI is InChI=1S/C15H12N4O2/c16-14(20)9-3-5-12(6-4-9)18-15(21)10-1-2-11-8-17-19-13(11)7-10/h1-8H,(H2,16,20)(H,17,19)(H,18,21). The zero-order chi connectivity index (χ0) is 14.8. The van der Waals surface area contributed by atoms with Gasteiger partial charge in [-0.1, -0.05) is 6.07 Å². The molecule has 1 aromatic heterocycles. The summed E-state index contributed by atoms with van der Waals surface area (Å²) in [6, 6.07) is 11.7. The van der Waals surface area contributed by atoms with Gasteiger partial charge in [-0.2, -0.15) is 5.10 Å². The number of nitrogens with zero attached hydrogens (tertiary/aromatic N) is 1. The van der Waals surface area contributed by atoms with Crippen LogP contribution in [0, 0.1) is 0 Å². The molecule has 0 saturated heterocycles. The number of nitrogens with one attached hydrogen (secondary N) is 2. The van der Waals surface area contributed by atoms with Gasteiger partial charge in [0.25, 0.3) is 5.91 Å². The Morgan fingerprint density at radius 3 is 2.48 bits per heavy atom. The molecule has 3 rings (SSSR count). The van der Waals surface area contributed by atoms with E-state index in [2.05, 4.69) is 15.5 Å². The van der Waals surface area contributed by atoms with Gasteiger partial charge in [-0.05, 0) is 36.4 Å². The molecule has 104 valence electrons. The van der Waals surface area contributed by atoms with Crippen molar-refractivity contribution >= 4 is 28.4 Å². The van der Waals surface area contributed by atoms with Crippen molar-refractivity contribution in [1.29, 1.82) is 0 Å². The zero-order valence-electron chi connectivity index (χ0n) is 11.0.